The number of anilines is 1. The minimum atomic E-state index is -0.408. The van der Waals surface area contributed by atoms with Crippen molar-refractivity contribution in [3.05, 3.63) is 64.1 Å². The Balaban J connectivity index is 1.49. The molecule has 1 heterocycles. The molecule has 0 fully saturated rings. The number of nitrogens with one attached hydrogen (secondary N) is 1. The van der Waals surface area contributed by atoms with Crippen molar-refractivity contribution >= 4 is 22.7 Å². The SMILES string of the molecule is Cc1ccc(CCCCC(=O)Nc2ccc3c(c2)oc(=O)n3C)cc1. The summed E-state index contributed by atoms with van der Waals surface area (Å²) < 4.78 is 6.57. The molecule has 0 aliphatic carbocycles. The van der Waals surface area contributed by atoms with Crippen LogP contribution in [0.4, 0.5) is 5.69 Å². The van der Waals surface area contributed by atoms with Crippen LogP contribution in [0, 0.1) is 6.92 Å². The molecule has 1 amide bonds. The van der Waals surface area contributed by atoms with Gasteiger partial charge in [0.15, 0.2) is 5.58 Å². The van der Waals surface area contributed by atoms with Crippen LogP contribution in [-0.4, -0.2) is 10.5 Å². The van der Waals surface area contributed by atoms with Crippen LogP contribution in [0.15, 0.2) is 51.7 Å². The van der Waals surface area contributed by atoms with Gasteiger partial charge in [0, 0.05) is 25.2 Å². The number of hydrogen-bond donors (Lipinski definition) is 1. The minimum Gasteiger partial charge on any atom is -0.408 e. The highest BCUT2D eigenvalue weighted by Crippen LogP contribution is 2.18. The van der Waals surface area contributed by atoms with Gasteiger partial charge in [-0.2, -0.15) is 0 Å². The molecule has 0 radical (unpaired) electrons. The van der Waals surface area contributed by atoms with Gasteiger partial charge in [-0.25, -0.2) is 4.79 Å². The maximum Gasteiger partial charge on any atom is 0.419 e. The van der Waals surface area contributed by atoms with E-state index in [1.807, 2.05) is 0 Å². The van der Waals surface area contributed by atoms with Crippen molar-refractivity contribution in [2.45, 2.75) is 32.6 Å². The number of nitrogens with zero attached hydrogens (tertiary/aromatic N) is 1. The van der Waals surface area contributed by atoms with Crippen molar-refractivity contribution in [3.8, 4) is 0 Å². The second-order valence-electron chi connectivity index (χ2n) is 6.35. The molecule has 0 unspecified atom stereocenters. The largest absolute Gasteiger partial charge is 0.419 e. The van der Waals surface area contributed by atoms with Gasteiger partial charge in [-0.05, 0) is 43.9 Å². The summed E-state index contributed by atoms with van der Waals surface area (Å²) in [6, 6.07) is 13.7. The predicted octanol–water partition coefficient (Wildman–Crippen LogP) is 3.79. The third-order valence-electron chi connectivity index (χ3n) is 4.32. The minimum absolute atomic E-state index is 0.0264. The summed E-state index contributed by atoms with van der Waals surface area (Å²) in [6.45, 7) is 2.08. The van der Waals surface area contributed by atoms with Gasteiger partial charge in [-0.15, -0.1) is 0 Å². The van der Waals surface area contributed by atoms with E-state index in [9.17, 15) is 9.59 Å². The first-order valence-corrected chi connectivity index (χ1v) is 8.48. The molecule has 0 aliphatic heterocycles. The molecule has 5 nitrogen and oxygen atoms in total. The zero-order valence-electron chi connectivity index (χ0n) is 14.5. The Morgan fingerprint density at radius 3 is 2.64 bits per heavy atom. The van der Waals surface area contributed by atoms with Gasteiger partial charge in [0.25, 0.3) is 0 Å². The second-order valence-corrected chi connectivity index (χ2v) is 6.35. The maximum atomic E-state index is 12.1. The molecule has 0 spiro atoms. The molecule has 1 N–H and O–H groups in total. The maximum absolute atomic E-state index is 12.1. The number of amides is 1. The van der Waals surface area contributed by atoms with Crippen molar-refractivity contribution in [1.82, 2.24) is 4.57 Å². The molecule has 0 saturated heterocycles. The molecule has 1 aromatic heterocycles. The molecule has 0 aliphatic rings. The molecule has 0 saturated carbocycles. The number of hydrogen-bond acceptors (Lipinski definition) is 3. The van der Waals surface area contributed by atoms with E-state index in [-0.39, 0.29) is 5.91 Å². The zero-order chi connectivity index (χ0) is 17.8. The number of aromatic nitrogens is 1. The van der Waals surface area contributed by atoms with Gasteiger partial charge in [0.05, 0.1) is 5.52 Å². The summed E-state index contributed by atoms with van der Waals surface area (Å²) in [5.74, 6) is -0.434. The van der Waals surface area contributed by atoms with Crippen LogP contribution in [-0.2, 0) is 18.3 Å². The Bertz CT molecular complexity index is 936. The van der Waals surface area contributed by atoms with Crippen molar-refractivity contribution in [2.24, 2.45) is 7.05 Å². The number of carbonyl (C=O) groups is 1. The Labute approximate surface area is 146 Å². The van der Waals surface area contributed by atoms with E-state index < -0.39 is 5.76 Å². The van der Waals surface area contributed by atoms with E-state index in [4.69, 9.17) is 4.42 Å². The molecular formula is C20H22N2O3. The fraction of sp³-hybridized carbons (Fsp3) is 0.300. The van der Waals surface area contributed by atoms with Crippen LogP contribution < -0.4 is 11.1 Å². The molecule has 130 valence electrons. The Morgan fingerprint density at radius 2 is 1.88 bits per heavy atom. The first-order valence-electron chi connectivity index (χ1n) is 8.48. The predicted molar refractivity (Wildman–Crippen MR) is 98.8 cm³/mol. The number of fused-ring (bicyclic) bond motifs is 1. The Hall–Kier alpha value is -2.82. The molecule has 0 bridgehead atoms. The van der Waals surface area contributed by atoms with Crippen molar-refractivity contribution in [2.75, 3.05) is 5.32 Å². The van der Waals surface area contributed by atoms with Crippen LogP contribution in [0.1, 0.15) is 30.4 Å². The molecular weight excluding hydrogens is 316 g/mol. The topological polar surface area (TPSA) is 64.2 Å². The van der Waals surface area contributed by atoms with Gasteiger partial charge in [-0.1, -0.05) is 29.8 Å². The lowest BCUT2D eigenvalue weighted by Crippen LogP contribution is -2.11. The summed E-state index contributed by atoms with van der Waals surface area (Å²) >= 11 is 0. The number of rotatable bonds is 6. The van der Waals surface area contributed by atoms with E-state index in [1.54, 1.807) is 25.2 Å². The highest BCUT2D eigenvalue weighted by atomic mass is 16.4. The van der Waals surface area contributed by atoms with E-state index in [0.717, 1.165) is 19.3 Å². The Morgan fingerprint density at radius 1 is 1.12 bits per heavy atom. The monoisotopic (exact) mass is 338 g/mol. The van der Waals surface area contributed by atoms with Crippen molar-refractivity contribution in [1.29, 1.82) is 0 Å². The third-order valence-corrected chi connectivity index (χ3v) is 4.32. The smallest absolute Gasteiger partial charge is 0.408 e. The lowest BCUT2D eigenvalue weighted by atomic mass is 10.1. The molecule has 3 aromatic rings. The summed E-state index contributed by atoms with van der Waals surface area (Å²) in [4.78, 5) is 23.6. The summed E-state index contributed by atoms with van der Waals surface area (Å²) in [7, 11) is 1.65. The molecule has 0 atom stereocenters. The first-order chi connectivity index (χ1) is 12.0. The summed E-state index contributed by atoms with van der Waals surface area (Å²) in [6.07, 6.45) is 3.27. The lowest BCUT2D eigenvalue weighted by Gasteiger charge is -2.06. The van der Waals surface area contributed by atoms with E-state index >= 15 is 0 Å². The van der Waals surface area contributed by atoms with Crippen LogP contribution in [0.25, 0.3) is 11.1 Å². The molecule has 25 heavy (non-hydrogen) atoms. The van der Waals surface area contributed by atoms with E-state index in [0.29, 0.717) is 23.2 Å². The molecule has 3 rings (SSSR count). The fourth-order valence-corrected chi connectivity index (χ4v) is 2.80. The van der Waals surface area contributed by atoms with E-state index in [2.05, 4.69) is 36.5 Å². The quantitative estimate of drug-likeness (QED) is 0.696. The second kappa shape index (κ2) is 7.38. The van der Waals surface area contributed by atoms with Crippen molar-refractivity contribution < 1.29 is 9.21 Å². The molecule has 5 heteroatoms. The summed E-state index contributed by atoms with van der Waals surface area (Å²) in [5.41, 5.74) is 4.39. The highest BCUT2D eigenvalue weighted by molar-refractivity contribution is 5.92. The number of unbranched alkanes of at least 4 members (excludes halogenated alkanes) is 1. The van der Waals surface area contributed by atoms with Gasteiger partial charge in [-0.3, -0.25) is 9.36 Å². The number of oxazole rings is 1. The van der Waals surface area contributed by atoms with Gasteiger partial charge in [0.1, 0.15) is 0 Å². The van der Waals surface area contributed by atoms with Gasteiger partial charge < -0.3 is 9.73 Å². The standard InChI is InChI=1S/C20H22N2O3/c1-14-7-9-15(10-8-14)5-3-4-6-19(23)21-16-11-12-17-18(13-16)25-20(24)22(17)2/h7-13H,3-6H2,1-2H3,(H,21,23). The van der Waals surface area contributed by atoms with Crippen molar-refractivity contribution in [3.63, 3.8) is 0 Å². The van der Waals surface area contributed by atoms with Gasteiger partial charge >= 0.3 is 5.76 Å². The van der Waals surface area contributed by atoms with Gasteiger partial charge in [0.2, 0.25) is 5.91 Å². The summed E-state index contributed by atoms with van der Waals surface area (Å²) in [5, 5.41) is 2.86. The highest BCUT2D eigenvalue weighted by Gasteiger charge is 2.08. The fourth-order valence-electron chi connectivity index (χ4n) is 2.80. The van der Waals surface area contributed by atoms with Crippen LogP contribution in [0.3, 0.4) is 0 Å². The number of carbonyl (C=O) groups excluding carboxylic acids is 1. The third kappa shape index (κ3) is 4.18. The first kappa shape index (κ1) is 17.0. The van der Waals surface area contributed by atoms with Crippen LogP contribution in [0.2, 0.25) is 0 Å². The average molecular weight is 338 g/mol. The lowest BCUT2D eigenvalue weighted by molar-refractivity contribution is -0.116. The van der Waals surface area contributed by atoms with E-state index in [1.165, 1.54) is 15.7 Å². The normalized spacial score (nSPS) is 11.0. The average Bonchev–Trinajstić information content (AvgIpc) is 2.87. The number of aryl methyl sites for hydroxylation is 3. The van der Waals surface area contributed by atoms with Crippen LogP contribution in [0.5, 0.6) is 0 Å². The zero-order valence-corrected chi connectivity index (χ0v) is 14.5. The number of benzene rings is 2. The van der Waals surface area contributed by atoms with Crippen LogP contribution >= 0.6 is 0 Å². The Kier molecular flexibility index (Phi) is 5.03. The molecule has 2 aromatic carbocycles.